The van der Waals surface area contributed by atoms with Crippen LogP contribution in [-0.2, 0) is 0 Å². The van der Waals surface area contributed by atoms with Crippen molar-refractivity contribution in [3.8, 4) is 11.8 Å². The molecule has 0 unspecified atom stereocenters. The second-order valence-corrected chi connectivity index (χ2v) is 3.40. The maximum atomic E-state index is 5.69. The second-order valence-electron chi connectivity index (χ2n) is 3.40. The van der Waals surface area contributed by atoms with Gasteiger partial charge in [-0.2, -0.15) is 4.98 Å². The lowest BCUT2D eigenvalue weighted by molar-refractivity contribution is 0.865. The molecule has 2 heterocycles. The van der Waals surface area contributed by atoms with Gasteiger partial charge in [-0.25, -0.2) is 15.3 Å². The van der Waals surface area contributed by atoms with Crippen molar-refractivity contribution in [1.29, 1.82) is 0 Å². The number of nitrogens with zero attached hydrogens (tertiary/aromatic N) is 4. The maximum Gasteiger partial charge on any atom is 0.209 e. The summed E-state index contributed by atoms with van der Waals surface area (Å²) in [6.07, 6.45) is 1.41. The highest BCUT2D eigenvalue weighted by atomic mass is 15.1. The fraction of sp³-hybridized carbons (Fsp3) is 0.300. The number of aromatic nitrogens is 2. The van der Waals surface area contributed by atoms with Gasteiger partial charge in [0.1, 0.15) is 6.34 Å². The summed E-state index contributed by atoms with van der Waals surface area (Å²) in [7, 11) is 0. The van der Waals surface area contributed by atoms with Gasteiger partial charge in [-0.1, -0.05) is 19.8 Å². The van der Waals surface area contributed by atoms with E-state index in [0.29, 0.717) is 23.1 Å². The van der Waals surface area contributed by atoms with Crippen LogP contribution in [0.15, 0.2) is 4.99 Å². The molecule has 0 fully saturated rings. The Bertz CT molecular complexity index is 479. The molecule has 15 heavy (non-hydrogen) atoms. The molecule has 0 saturated heterocycles. The first-order valence-electron chi connectivity index (χ1n) is 4.59. The van der Waals surface area contributed by atoms with E-state index in [2.05, 4.69) is 32.1 Å². The predicted molar refractivity (Wildman–Crippen MR) is 58.1 cm³/mol. The van der Waals surface area contributed by atoms with Gasteiger partial charge in [0, 0.05) is 5.92 Å². The van der Waals surface area contributed by atoms with E-state index in [1.165, 1.54) is 6.34 Å². The van der Waals surface area contributed by atoms with Crippen molar-refractivity contribution >= 4 is 23.7 Å². The lowest BCUT2D eigenvalue weighted by atomic mass is 10.2. The molecule has 2 rings (SSSR count). The van der Waals surface area contributed by atoms with Crippen molar-refractivity contribution in [2.24, 2.45) is 10.9 Å². The molecular weight excluding hydrogens is 190 g/mol. The third kappa shape index (κ3) is 1.89. The zero-order chi connectivity index (χ0) is 10.8. The molecule has 1 radical (unpaired) electrons. The number of rotatable bonds is 0. The Balaban J connectivity index is 2.39. The molecule has 0 saturated carbocycles. The van der Waals surface area contributed by atoms with E-state index in [-0.39, 0.29) is 5.92 Å². The molecular formula is C10H10N5. The van der Waals surface area contributed by atoms with E-state index in [1.54, 1.807) is 0 Å². The summed E-state index contributed by atoms with van der Waals surface area (Å²) < 4.78 is 0. The summed E-state index contributed by atoms with van der Waals surface area (Å²) in [5, 5.41) is 3.96. The number of nitrogens with two attached hydrogens (primary N) is 1. The van der Waals surface area contributed by atoms with E-state index in [4.69, 9.17) is 5.73 Å². The Labute approximate surface area is 87.8 Å². The van der Waals surface area contributed by atoms with E-state index >= 15 is 0 Å². The fourth-order valence-electron chi connectivity index (χ4n) is 1.08. The topological polar surface area (TPSA) is 78.3 Å². The highest BCUT2D eigenvalue weighted by molar-refractivity contribution is 5.84. The van der Waals surface area contributed by atoms with Crippen molar-refractivity contribution in [3.05, 3.63) is 5.82 Å². The van der Waals surface area contributed by atoms with E-state index in [1.807, 2.05) is 13.8 Å². The van der Waals surface area contributed by atoms with Gasteiger partial charge in [-0.15, -0.1) is 0 Å². The number of aliphatic imine (C=N–C) groups is 1. The smallest absolute Gasteiger partial charge is 0.209 e. The summed E-state index contributed by atoms with van der Waals surface area (Å²) >= 11 is 0. The summed E-state index contributed by atoms with van der Waals surface area (Å²) in [5.74, 6) is 7.31. The molecule has 0 aromatic carbocycles. The number of nitrogen functional groups attached to an aromatic ring is 1. The zero-order valence-corrected chi connectivity index (χ0v) is 8.52. The maximum absolute atomic E-state index is 5.69. The molecule has 0 atom stereocenters. The van der Waals surface area contributed by atoms with Gasteiger partial charge in [-0.3, -0.25) is 0 Å². The van der Waals surface area contributed by atoms with Crippen LogP contribution in [0.2, 0.25) is 0 Å². The minimum atomic E-state index is 0.274. The Morgan fingerprint density at radius 1 is 1.33 bits per heavy atom. The molecule has 5 heteroatoms. The molecule has 1 aromatic rings. The molecule has 75 valence electrons. The van der Waals surface area contributed by atoms with Gasteiger partial charge in [0.15, 0.2) is 17.3 Å². The van der Waals surface area contributed by atoms with Crippen LogP contribution in [0.1, 0.15) is 19.7 Å². The van der Waals surface area contributed by atoms with Crippen molar-refractivity contribution < 1.29 is 0 Å². The van der Waals surface area contributed by atoms with Crippen molar-refractivity contribution in [2.75, 3.05) is 5.73 Å². The minimum Gasteiger partial charge on any atom is -0.382 e. The molecule has 1 aliphatic heterocycles. The monoisotopic (exact) mass is 200 g/mol. The Morgan fingerprint density at radius 2 is 2.13 bits per heavy atom. The Hall–Kier alpha value is -2.09. The van der Waals surface area contributed by atoms with Gasteiger partial charge in [0.2, 0.25) is 5.82 Å². The normalized spacial score (nSPS) is 11.9. The number of hydrogen-bond acceptors (Lipinski definition) is 4. The first kappa shape index (κ1) is 9.46. The molecule has 1 aromatic heterocycles. The van der Waals surface area contributed by atoms with Crippen molar-refractivity contribution in [2.45, 2.75) is 13.8 Å². The number of hydrogen-bond donors (Lipinski definition) is 1. The van der Waals surface area contributed by atoms with E-state index < -0.39 is 0 Å². The molecule has 5 nitrogen and oxygen atoms in total. The Kier molecular flexibility index (Phi) is 2.26. The number of fused-ring (bicyclic) bond motifs is 1. The van der Waals surface area contributed by atoms with E-state index in [0.717, 1.165) is 0 Å². The number of anilines is 1. The first-order chi connectivity index (χ1) is 7.16. The SMILES string of the molecule is CC(C)C#Cc1nc(N)c2c(n1)[N]C=N2. The highest BCUT2D eigenvalue weighted by Gasteiger charge is 2.14. The first-order valence-corrected chi connectivity index (χ1v) is 4.59. The van der Waals surface area contributed by atoms with Crippen molar-refractivity contribution in [1.82, 2.24) is 15.3 Å². The third-order valence-electron chi connectivity index (χ3n) is 1.73. The van der Waals surface area contributed by atoms with E-state index in [9.17, 15) is 0 Å². The lowest BCUT2D eigenvalue weighted by Gasteiger charge is -1.99. The predicted octanol–water partition coefficient (Wildman–Crippen LogP) is 0.976. The van der Waals surface area contributed by atoms with Crippen LogP contribution in [0.4, 0.5) is 17.3 Å². The molecule has 0 amide bonds. The second kappa shape index (κ2) is 3.58. The average molecular weight is 200 g/mol. The molecule has 0 spiro atoms. The summed E-state index contributed by atoms with van der Waals surface area (Å²) in [6, 6.07) is 0. The van der Waals surface area contributed by atoms with Crippen molar-refractivity contribution in [3.63, 3.8) is 0 Å². The van der Waals surface area contributed by atoms with Crippen LogP contribution in [-0.4, -0.2) is 16.3 Å². The third-order valence-corrected chi connectivity index (χ3v) is 1.73. The van der Waals surface area contributed by atoms with Crippen LogP contribution in [0.25, 0.3) is 0 Å². The average Bonchev–Trinajstić information content (AvgIpc) is 2.63. The van der Waals surface area contributed by atoms with Gasteiger partial charge < -0.3 is 5.73 Å². The van der Waals surface area contributed by atoms with Crippen LogP contribution in [0.3, 0.4) is 0 Å². The van der Waals surface area contributed by atoms with Crippen LogP contribution < -0.4 is 11.1 Å². The minimum absolute atomic E-state index is 0.274. The molecule has 0 bridgehead atoms. The molecule has 2 N–H and O–H groups in total. The summed E-state index contributed by atoms with van der Waals surface area (Å²) in [4.78, 5) is 12.1. The van der Waals surface area contributed by atoms with Gasteiger partial charge in [0.05, 0.1) is 0 Å². The largest absolute Gasteiger partial charge is 0.382 e. The quantitative estimate of drug-likeness (QED) is 0.634. The molecule has 1 aliphatic rings. The van der Waals surface area contributed by atoms with Crippen LogP contribution >= 0.6 is 0 Å². The highest BCUT2D eigenvalue weighted by Crippen LogP contribution is 2.30. The van der Waals surface area contributed by atoms with Crippen LogP contribution in [0, 0.1) is 17.8 Å². The summed E-state index contributed by atoms with van der Waals surface area (Å²) in [6.45, 7) is 3.99. The van der Waals surface area contributed by atoms with Gasteiger partial charge in [0.25, 0.3) is 0 Å². The zero-order valence-electron chi connectivity index (χ0n) is 8.52. The van der Waals surface area contributed by atoms with Crippen LogP contribution in [0.5, 0.6) is 0 Å². The summed E-state index contributed by atoms with van der Waals surface area (Å²) in [5.41, 5.74) is 6.22. The fourth-order valence-corrected chi connectivity index (χ4v) is 1.08. The lowest BCUT2D eigenvalue weighted by Crippen LogP contribution is -1.99. The standard InChI is InChI=1S/C10H10N5/c1-6(2)3-4-7-14-9(11)8-10(15-7)13-5-12-8/h5-6H,1-2H3,(H2,11,14,15). The Morgan fingerprint density at radius 3 is 2.87 bits per heavy atom. The molecule has 0 aliphatic carbocycles. The van der Waals surface area contributed by atoms with Gasteiger partial charge in [-0.05, 0) is 5.92 Å². The van der Waals surface area contributed by atoms with Gasteiger partial charge >= 0.3 is 0 Å².